The Morgan fingerprint density at radius 3 is 2.37 bits per heavy atom. The molecule has 0 bridgehead atoms. The third-order valence-electron chi connectivity index (χ3n) is 6.38. The summed E-state index contributed by atoms with van der Waals surface area (Å²) in [5.41, 5.74) is 4.05. The molecule has 2 N–H and O–H groups in total. The molecule has 1 fully saturated rings. The Labute approximate surface area is 204 Å². The number of aromatic nitrogens is 3. The lowest BCUT2D eigenvalue weighted by Gasteiger charge is -2.17. The third-order valence-corrected chi connectivity index (χ3v) is 6.38. The van der Waals surface area contributed by atoms with Crippen LogP contribution in [0.5, 0.6) is 0 Å². The maximum absolute atomic E-state index is 13.5. The lowest BCUT2D eigenvalue weighted by atomic mass is 10.1. The summed E-state index contributed by atoms with van der Waals surface area (Å²) >= 11 is 0. The van der Waals surface area contributed by atoms with Crippen LogP contribution >= 0.6 is 0 Å². The zero-order valence-corrected chi connectivity index (χ0v) is 20.2. The number of rotatable bonds is 7. The van der Waals surface area contributed by atoms with Gasteiger partial charge in [-0.15, -0.1) is 0 Å². The molecule has 0 spiro atoms. The van der Waals surface area contributed by atoms with Crippen LogP contribution in [-0.4, -0.2) is 26.6 Å². The quantitative estimate of drug-likeness (QED) is 0.368. The second-order valence-electron chi connectivity index (χ2n) is 9.39. The topological polar surface area (TPSA) is 88.9 Å². The number of hydrogen-bond donors (Lipinski definition) is 2. The zero-order chi connectivity index (χ0) is 24.5. The normalized spacial score (nSPS) is 14.2. The predicted molar refractivity (Wildman–Crippen MR) is 137 cm³/mol. The van der Waals surface area contributed by atoms with Gasteiger partial charge in [0.15, 0.2) is 5.65 Å². The van der Waals surface area contributed by atoms with Crippen LogP contribution in [0, 0.1) is 0 Å². The van der Waals surface area contributed by atoms with Gasteiger partial charge in [0.05, 0.1) is 34.4 Å². The van der Waals surface area contributed by atoms with Gasteiger partial charge in [-0.2, -0.15) is 5.10 Å². The molecule has 2 heterocycles. The van der Waals surface area contributed by atoms with E-state index in [9.17, 15) is 9.59 Å². The molecule has 4 aromatic rings. The van der Waals surface area contributed by atoms with Crippen molar-refractivity contribution in [1.82, 2.24) is 20.1 Å². The fraction of sp³-hybridized carbons (Fsp3) is 0.286. The molecule has 1 atom stereocenters. The second-order valence-corrected chi connectivity index (χ2v) is 9.39. The molecule has 1 saturated carbocycles. The summed E-state index contributed by atoms with van der Waals surface area (Å²) in [7, 11) is 0. The first-order valence-corrected chi connectivity index (χ1v) is 12.1. The molecule has 2 aromatic carbocycles. The van der Waals surface area contributed by atoms with Gasteiger partial charge < -0.3 is 10.6 Å². The molecule has 7 nitrogen and oxygen atoms in total. The van der Waals surface area contributed by atoms with Gasteiger partial charge >= 0.3 is 0 Å². The highest BCUT2D eigenvalue weighted by Gasteiger charge is 2.28. The van der Waals surface area contributed by atoms with E-state index in [2.05, 4.69) is 15.7 Å². The fourth-order valence-corrected chi connectivity index (χ4v) is 4.27. The van der Waals surface area contributed by atoms with E-state index in [0.29, 0.717) is 28.1 Å². The van der Waals surface area contributed by atoms with Gasteiger partial charge in [0.2, 0.25) is 0 Å². The zero-order valence-electron chi connectivity index (χ0n) is 20.2. The molecule has 0 radical (unpaired) electrons. The van der Waals surface area contributed by atoms with E-state index in [4.69, 9.17) is 4.98 Å². The summed E-state index contributed by atoms with van der Waals surface area (Å²) in [6, 6.07) is 18.7. The van der Waals surface area contributed by atoms with Gasteiger partial charge in [0.25, 0.3) is 11.8 Å². The average molecular weight is 468 g/mol. The molecule has 1 aliphatic carbocycles. The van der Waals surface area contributed by atoms with Gasteiger partial charge in [0.1, 0.15) is 0 Å². The van der Waals surface area contributed by atoms with Gasteiger partial charge in [0, 0.05) is 17.7 Å². The van der Waals surface area contributed by atoms with Gasteiger partial charge in [-0.05, 0) is 57.4 Å². The first-order valence-electron chi connectivity index (χ1n) is 12.1. The number of benzene rings is 2. The smallest absolute Gasteiger partial charge is 0.256 e. The molecule has 0 saturated heterocycles. The van der Waals surface area contributed by atoms with Crippen molar-refractivity contribution in [3.63, 3.8) is 0 Å². The number of carbonyl (C=O) groups excluding carboxylic acids is 2. The van der Waals surface area contributed by atoms with E-state index < -0.39 is 0 Å². The molecule has 1 unspecified atom stereocenters. The Morgan fingerprint density at radius 1 is 0.943 bits per heavy atom. The van der Waals surface area contributed by atoms with Crippen molar-refractivity contribution >= 4 is 28.5 Å². The second kappa shape index (κ2) is 9.33. The Hall–Kier alpha value is -4.00. The predicted octanol–water partition coefficient (Wildman–Crippen LogP) is 5.63. The summed E-state index contributed by atoms with van der Waals surface area (Å²) in [5.74, 6) is -0.138. The van der Waals surface area contributed by atoms with E-state index in [1.54, 1.807) is 24.4 Å². The van der Waals surface area contributed by atoms with Gasteiger partial charge in [-0.3, -0.25) is 9.59 Å². The summed E-state index contributed by atoms with van der Waals surface area (Å²) in [4.78, 5) is 31.5. The van der Waals surface area contributed by atoms with Crippen LogP contribution in [0.25, 0.3) is 11.0 Å². The van der Waals surface area contributed by atoms with Gasteiger partial charge in [-0.25, -0.2) is 9.67 Å². The average Bonchev–Trinajstić information content (AvgIpc) is 3.62. The monoisotopic (exact) mass is 467 g/mol. The number of anilines is 1. The van der Waals surface area contributed by atoms with Gasteiger partial charge in [-0.1, -0.05) is 42.5 Å². The minimum absolute atomic E-state index is 0.126. The number of hydrogen-bond acceptors (Lipinski definition) is 4. The molecule has 2 aromatic heterocycles. The standard InChI is InChI=1S/C28H29N5O2/c1-17(2)33-26-23(16-29-33)22(15-25(31-26)20-13-14-20)28(35)32-24-12-8-7-11-21(24)27(34)30-18(3)19-9-5-4-6-10-19/h4-12,15-18,20H,13-14H2,1-3H3,(H,30,34)(H,32,35). The van der Waals surface area contributed by atoms with E-state index >= 15 is 0 Å². The van der Waals surface area contributed by atoms with Crippen LogP contribution in [0.1, 0.15) is 83.6 Å². The summed E-state index contributed by atoms with van der Waals surface area (Å²) < 4.78 is 1.85. The van der Waals surface area contributed by atoms with Crippen LogP contribution in [0.2, 0.25) is 0 Å². The van der Waals surface area contributed by atoms with Crippen LogP contribution in [0.15, 0.2) is 66.9 Å². The van der Waals surface area contributed by atoms with Crippen LogP contribution in [-0.2, 0) is 0 Å². The van der Waals surface area contributed by atoms with E-state index in [-0.39, 0.29) is 23.9 Å². The minimum atomic E-state index is -0.279. The fourth-order valence-electron chi connectivity index (χ4n) is 4.27. The maximum Gasteiger partial charge on any atom is 0.256 e. The largest absolute Gasteiger partial charge is 0.345 e. The molecule has 178 valence electrons. The number of fused-ring (bicyclic) bond motifs is 1. The number of carbonyl (C=O) groups is 2. The maximum atomic E-state index is 13.5. The molecular weight excluding hydrogens is 438 g/mol. The van der Waals surface area contributed by atoms with Crippen molar-refractivity contribution in [3.8, 4) is 0 Å². The summed E-state index contributed by atoms with van der Waals surface area (Å²) in [6.45, 7) is 6.03. The first kappa shape index (κ1) is 22.8. The lowest BCUT2D eigenvalue weighted by Crippen LogP contribution is -2.28. The Kier molecular flexibility index (Phi) is 6.07. The Bertz CT molecular complexity index is 1390. The van der Waals surface area contributed by atoms with Crippen LogP contribution in [0.4, 0.5) is 5.69 Å². The molecule has 0 aliphatic heterocycles. The number of para-hydroxylation sites is 1. The number of nitrogens with one attached hydrogen (secondary N) is 2. The van der Waals surface area contributed by atoms with Crippen molar-refractivity contribution in [2.24, 2.45) is 0 Å². The number of amides is 2. The number of nitrogens with zero attached hydrogens (tertiary/aromatic N) is 3. The first-order chi connectivity index (χ1) is 16.9. The Morgan fingerprint density at radius 2 is 1.66 bits per heavy atom. The third kappa shape index (κ3) is 4.67. The van der Waals surface area contributed by atoms with Crippen molar-refractivity contribution in [1.29, 1.82) is 0 Å². The van der Waals surface area contributed by atoms with Crippen molar-refractivity contribution < 1.29 is 9.59 Å². The minimum Gasteiger partial charge on any atom is -0.345 e. The molecule has 35 heavy (non-hydrogen) atoms. The van der Waals surface area contributed by atoms with Crippen molar-refractivity contribution in [2.45, 2.75) is 51.6 Å². The van der Waals surface area contributed by atoms with Crippen molar-refractivity contribution in [3.05, 3.63) is 89.2 Å². The molecule has 1 aliphatic rings. The van der Waals surface area contributed by atoms with Crippen molar-refractivity contribution in [2.75, 3.05) is 5.32 Å². The molecule has 5 rings (SSSR count). The SMILES string of the molecule is CC(NC(=O)c1ccccc1NC(=O)c1cc(C2CC2)nc2c1cnn2C(C)C)c1ccccc1. The highest BCUT2D eigenvalue weighted by molar-refractivity contribution is 6.14. The van der Waals surface area contributed by atoms with E-state index in [1.165, 1.54) is 0 Å². The van der Waals surface area contributed by atoms with E-state index in [0.717, 1.165) is 29.7 Å². The highest BCUT2D eigenvalue weighted by Crippen LogP contribution is 2.40. The Balaban J connectivity index is 1.44. The van der Waals surface area contributed by atoms with Crippen LogP contribution in [0.3, 0.4) is 0 Å². The molecule has 7 heteroatoms. The lowest BCUT2D eigenvalue weighted by molar-refractivity contribution is 0.0940. The summed E-state index contributed by atoms with van der Waals surface area (Å²) in [6.07, 6.45) is 3.87. The van der Waals surface area contributed by atoms with Crippen LogP contribution < -0.4 is 10.6 Å². The van der Waals surface area contributed by atoms with E-state index in [1.807, 2.05) is 67.9 Å². The summed E-state index contributed by atoms with van der Waals surface area (Å²) in [5, 5.41) is 11.2. The number of pyridine rings is 1. The highest BCUT2D eigenvalue weighted by atomic mass is 16.2. The molecular formula is C28H29N5O2. The molecule has 2 amide bonds.